The molecule has 1 amide bonds. The second kappa shape index (κ2) is 4.96. The highest BCUT2D eigenvalue weighted by atomic mass is 16.5. The van der Waals surface area contributed by atoms with Crippen molar-refractivity contribution in [1.82, 2.24) is 14.5 Å². The second-order valence-corrected chi connectivity index (χ2v) is 5.48. The predicted molar refractivity (Wildman–Crippen MR) is 70.8 cm³/mol. The molecular formula is C14H21N3O2. The number of aromatic nitrogens is 2. The van der Waals surface area contributed by atoms with Gasteiger partial charge in [0.25, 0.3) is 0 Å². The fourth-order valence-electron chi connectivity index (χ4n) is 3.10. The molecule has 1 aromatic rings. The van der Waals surface area contributed by atoms with E-state index in [4.69, 9.17) is 9.72 Å². The zero-order valence-electron chi connectivity index (χ0n) is 11.7. The van der Waals surface area contributed by atoms with Crippen molar-refractivity contribution in [3.05, 3.63) is 17.2 Å². The van der Waals surface area contributed by atoms with Crippen LogP contribution in [0, 0.1) is 6.92 Å². The highest BCUT2D eigenvalue weighted by molar-refractivity contribution is 5.73. The van der Waals surface area contributed by atoms with Crippen LogP contribution in [0.1, 0.15) is 42.9 Å². The van der Waals surface area contributed by atoms with Crippen LogP contribution >= 0.6 is 0 Å². The Morgan fingerprint density at radius 3 is 2.74 bits per heavy atom. The van der Waals surface area contributed by atoms with E-state index in [0.717, 1.165) is 44.8 Å². The van der Waals surface area contributed by atoms with Crippen molar-refractivity contribution in [1.29, 1.82) is 0 Å². The molecule has 0 atom stereocenters. The monoisotopic (exact) mass is 263 g/mol. The van der Waals surface area contributed by atoms with Gasteiger partial charge in [-0.2, -0.15) is 0 Å². The lowest BCUT2D eigenvalue weighted by Crippen LogP contribution is -2.37. The Balaban J connectivity index is 1.89. The van der Waals surface area contributed by atoms with E-state index in [1.807, 2.05) is 4.90 Å². The molecule has 3 heterocycles. The van der Waals surface area contributed by atoms with Gasteiger partial charge in [0.1, 0.15) is 5.82 Å². The molecule has 0 unspecified atom stereocenters. The van der Waals surface area contributed by atoms with E-state index in [1.165, 1.54) is 11.5 Å². The Labute approximate surface area is 113 Å². The summed E-state index contributed by atoms with van der Waals surface area (Å²) >= 11 is 0. The quantitative estimate of drug-likeness (QED) is 0.770. The molecule has 5 nitrogen and oxygen atoms in total. The molecule has 19 heavy (non-hydrogen) atoms. The van der Waals surface area contributed by atoms with Gasteiger partial charge in [0.2, 0.25) is 5.91 Å². The Hall–Kier alpha value is -1.36. The number of ether oxygens (including phenoxy) is 1. The maximum Gasteiger partial charge on any atom is 0.219 e. The standard InChI is InChI=1S/C14H21N3O2/c1-10-13-9-16(11(2)18)5-6-17(13)14(15-10)12-3-7-19-8-4-12/h12H,3-9H2,1-2H3. The van der Waals surface area contributed by atoms with E-state index >= 15 is 0 Å². The number of amides is 1. The average Bonchev–Trinajstić information content (AvgIpc) is 2.77. The van der Waals surface area contributed by atoms with Gasteiger partial charge in [-0.15, -0.1) is 0 Å². The van der Waals surface area contributed by atoms with Gasteiger partial charge in [0.05, 0.1) is 17.9 Å². The lowest BCUT2D eigenvalue weighted by atomic mass is 9.99. The Kier molecular flexibility index (Phi) is 3.31. The first kappa shape index (κ1) is 12.7. The topological polar surface area (TPSA) is 47.4 Å². The van der Waals surface area contributed by atoms with Crippen molar-refractivity contribution >= 4 is 5.91 Å². The summed E-state index contributed by atoms with van der Waals surface area (Å²) in [5.41, 5.74) is 2.29. The number of aryl methyl sites for hydroxylation is 1. The molecule has 0 N–H and O–H groups in total. The molecule has 0 aromatic carbocycles. The maximum absolute atomic E-state index is 11.5. The third-order valence-corrected chi connectivity index (χ3v) is 4.27. The summed E-state index contributed by atoms with van der Waals surface area (Å²) in [7, 11) is 0. The van der Waals surface area contributed by atoms with Crippen LogP contribution in [0.3, 0.4) is 0 Å². The van der Waals surface area contributed by atoms with Crippen LogP contribution < -0.4 is 0 Å². The van der Waals surface area contributed by atoms with Crippen molar-refractivity contribution in [2.45, 2.75) is 45.7 Å². The highest BCUT2D eigenvalue weighted by Crippen LogP contribution is 2.30. The summed E-state index contributed by atoms with van der Waals surface area (Å²) in [6.45, 7) is 7.75. The third-order valence-electron chi connectivity index (χ3n) is 4.27. The number of carbonyl (C=O) groups is 1. The molecule has 0 radical (unpaired) electrons. The Morgan fingerprint density at radius 2 is 2.05 bits per heavy atom. The summed E-state index contributed by atoms with van der Waals surface area (Å²) in [5, 5.41) is 0. The largest absolute Gasteiger partial charge is 0.381 e. The van der Waals surface area contributed by atoms with E-state index in [0.29, 0.717) is 12.5 Å². The maximum atomic E-state index is 11.5. The third kappa shape index (κ3) is 2.27. The van der Waals surface area contributed by atoms with Gasteiger partial charge in [-0.25, -0.2) is 4.98 Å². The van der Waals surface area contributed by atoms with Gasteiger partial charge < -0.3 is 14.2 Å². The number of fused-ring (bicyclic) bond motifs is 1. The van der Waals surface area contributed by atoms with Crippen molar-refractivity contribution in [3.63, 3.8) is 0 Å². The number of carbonyl (C=O) groups excluding carboxylic acids is 1. The van der Waals surface area contributed by atoms with Crippen LogP contribution in [-0.4, -0.2) is 40.1 Å². The molecule has 1 saturated heterocycles. The Morgan fingerprint density at radius 1 is 1.32 bits per heavy atom. The zero-order chi connectivity index (χ0) is 13.4. The van der Waals surface area contributed by atoms with Gasteiger partial charge in [0, 0.05) is 39.1 Å². The molecule has 3 rings (SSSR count). The summed E-state index contributed by atoms with van der Waals surface area (Å²) in [4.78, 5) is 18.2. The smallest absolute Gasteiger partial charge is 0.219 e. The molecule has 1 fully saturated rings. The molecule has 0 saturated carbocycles. The van der Waals surface area contributed by atoms with Crippen molar-refractivity contribution in [3.8, 4) is 0 Å². The van der Waals surface area contributed by atoms with Crippen molar-refractivity contribution < 1.29 is 9.53 Å². The first-order valence-electron chi connectivity index (χ1n) is 7.06. The molecule has 1 aromatic heterocycles. The van der Waals surface area contributed by atoms with Crippen LogP contribution in [0.25, 0.3) is 0 Å². The first-order valence-corrected chi connectivity index (χ1v) is 7.06. The summed E-state index contributed by atoms with van der Waals surface area (Å²) < 4.78 is 7.77. The van der Waals surface area contributed by atoms with E-state index < -0.39 is 0 Å². The molecule has 2 aliphatic rings. The SMILES string of the molecule is CC(=O)N1CCn2c(C3CCOCC3)nc(C)c2C1. The lowest BCUT2D eigenvalue weighted by molar-refractivity contribution is -0.130. The molecule has 104 valence electrons. The minimum Gasteiger partial charge on any atom is -0.381 e. The normalized spacial score (nSPS) is 20.4. The first-order chi connectivity index (χ1) is 9.16. The number of nitrogens with zero attached hydrogens (tertiary/aromatic N) is 3. The van der Waals surface area contributed by atoms with E-state index in [9.17, 15) is 4.79 Å². The van der Waals surface area contributed by atoms with Crippen molar-refractivity contribution in [2.75, 3.05) is 19.8 Å². The van der Waals surface area contributed by atoms with Gasteiger partial charge >= 0.3 is 0 Å². The van der Waals surface area contributed by atoms with Gasteiger partial charge in [-0.05, 0) is 19.8 Å². The number of hydrogen-bond donors (Lipinski definition) is 0. The Bertz CT molecular complexity index is 489. The van der Waals surface area contributed by atoms with Gasteiger partial charge in [0.15, 0.2) is 0 Å². The fourth-order valence-corrected chi connectivity index (χ4v) is 3.10. The summed E-state index contributed by atoms with van der Waals surface area (Å²) in [6, 6.07) is 0. The number of rotatable bonds is 1. The van der Waals surface area contributed by atoms with Crippen LogP contribution in [0.2, 0.25) is 0 Å². The molecule has 5 heteroatoms. The minimum atomic E-state index is 0.152. The lowest BCUT2D eigenvalue weighted by Gasteiger charge is -2.30. The van der Waals surface area contributed by atoms with Crippen LogP contribution in [0.15, 0.2) is 0 Å². The van der Waals surface area contributed by atoms with E-state index in [1.54, 1.807) is 6.92 Å². The van der Waals surface area contributed by atoms with E-state index in [-0.39, 0.29) is 5.91 Å². The number of hydrogen-bond acceptors (Lipinski definition) is 3. The fraction of sp³-hybridized carbons (Fsp3) is 0.714. The molecule has 0 aliphatic carbocycles. The number of imidazole rings is 1. The molecular weight excluding hydrogens is 242 g/mol. The average molecular weight is 263 g/mol. The van der Waals surface area contributed by atoms with Crippen LogP contribution in [0.4, 0.5) is 0 Å². The van der Waals surface area contributed by atoms with Gasteiger partial charge in [-0.3, -0.25) is 4.79 Å². The predicted octanol–water partition coefficient (Wildman–Crippen LogP) is 1.45. The highest BCUT2D eigenvalue weighted by Gasteiger charge is 2.28. The zero-order valence-corrected chi connectivity index (χ0v) is 11.7. The molecule has 0 spiro atoms. The summed E-state index contributed by atoms with van der Waals surface area (Å²) in [6.07, 6.45) is 2.12. The second-order valence-electron chi connectivity index (χ2n) is 5.48. The van der Waals surface area contributed by atoms with Gasteiger partial charge in [-0.1, -0.05) is 0 Å². The van der Waals surface area contributed by atoms with E-state index in [2.05, 4.69) is 11.5 Å². The van der Waals surface area contributed by atoms with Crippen LogP contribution in [-0.2, 0) is 22.6 Å². The van der Waals surface area contributed by atoms with Crippen molar-refractivity contribution in [2.24, 2.45) is 0 Å². The van der Waals surface area contributed by atoms with Crippen LogP contribution in [0.5, 0.6) is 0 Å². The minimum absolute atomic E-state index is 0.152. The molecule has 2 aliphatic heterocycles. The summed E-state index contributed by atoms with van der Waals surface area (Å²) in [5.74, 6) is 1.88. The molecule has 0 bridgehead atoms.